The lowest BCUT2D eigenvalue weighted by molar-refractivity contribution is 0.299. The number of fused-ring (bicyclic) bond motifs is 7. The number of rotatable bonds is 2. The molecule has 0 N–H and O–H groups in total. The van der Waals surface area contributed by atoms with Crippen molar-refractivity contribution in [3.05, 3.63) is 120 Å². The molecule has 2 heterocycles. The Balaban J connectivity index is 1.45. The van der Waals surface area contributed by atoms with Gasteiger partial charge < -0.3 is 0 Å². The zero-order chi connectivity index (χ0) is 27.9. The van der Waals surface area contributed by atoms with Crippen molar-refractivity contribution in [1.82, 2.24) is 9.97 Å². The minimum atomic E-state index is -0.0763. The van der Waals surface area contributed by atoms with E-state index < -0.39 is 0 Å². The number of hydrogen-bond acceptors (Lipinski definition) is 3. The maximum atomic E-state index is 5.35. The lowest BCUT2D eigenvalue weighted by Crippen LogP contribution is -2.43. The summed E-state index contributed by atoms with van der Waals surface area (Å²) in [4.78, 5) is 10.6. The highest BCUT2D eigenvalue weighted by Crippen LogP contribution is 2.56. The maximum absolute atomic E-state index is 5.35. The molecule has 0 saturated heterocycles. The Kier molecular flexibility index (Phi) is 5.12. The molecule has 198 valence electrons. The lowest BCUT2D eigenvalue weighted by Gasteiger charge is -2.48. The summed E-state index contributed by atoms with van der Waals surface area (Å²) in [6.45, 7) is 9.52. The molecule has 0 amide bonds. The third-order valence-corrected chi connectivity index (χ3v) is 10.8. The first kappa shape index (κ1) is 24.5. The molecule has 2 nitrogen and oxygen atoms in total. The number of aromatic nitrogens is 2. The molecule has 0 radical (unpaired) electrons. The molecule has 0 aliphatic heterocycles. The number of benzene rings is 5. The van der Waals surface area contributed by atoms with Gasteiger partial charge in [0.25, 0.3) is 0 Å². The van der Waals surface area contributed by atoms with Crippen molar-refractivity contribution in [1.29, 1.82) is 0 Å². The zero-order valence-electron chi connectivity index (χ0n) is 23.7. The average molecular weight is 547 g/mol. The van der Waals surface area contributed by atoms with Gasteiger partial charge in [-0.1, -0.05) is 113 Å². The fraction of sp³-hybridized carbons (Fsp3) is 0.158. The Labute approximate surface area is 244 Å². The Hall–Kier alpha value is -4.34. The summed E-state index contributed by atoms with van der Waals surface area (Å²) in [5.74, 6) is 0. The van der Waals surface area contributed by atoms with Crippen molar-refractivity contribution in [2.75, 3.05) is 0 Å². The summed E-state index contributed by atoms with van der Waals surface area (Å²) in [5.41, 5.74) is 11.1. The SMILES string of the molecule is CC1(C)c2ccccc2-c2c(-c3nc4ccccc4nc3-c3ccc4c(c3)sc3ccccc34)cccc2C1(C)C. The van der Waals surface area contributed by atoms with E-state index in [1.165, 1.54) is 42.4 Å². The van der Waals surface area contributed by atoms with E-state index in [0.717, 1.165) is 33.5 Å². The maximum Gasteiger partial charge on any atom is 0.0979 e. The second-order valence-corrected chi connectivity index (χ2v) is 13.3. The van der Waals surface area contributed by atoms with Gasteiger partial charge in [0.1, 0.15) is 0 Å². The highest BCUT2D eigenvalue weighted by Gasteiger charge is 2.46. The van der Waals surface area contributed by atoms with Crippen LogP contribution < -0.4 is 0 Å². The zero-order valence-corrected chi connectivity index (χ0v) is 24.5. The molecule has 0 bridgehead atoms. The smallest absolute Gasteiger partial charge is 0.0979 e. The van der Waals surface area contributed by atoms with Crippen LogP contribution in [0.2, 0.25) is 0 Å². The molecular weight excluding hydrogens is 516 g/mol. The van der Waals surface area contributed by atoms with Crippen LogP contribution in [0, 0.1) is 0 Å². The number of nitrogens with zero attached hydrogens (tertiary/aromatic N) is 2. The summed E-state index contributed by atoms with van der Waals surface area (Å²) in [6.07, 6.45) is 0. The van der Waals surface area contributed by atoms with Crippen molar-refractivity contribution in [3.63, 3.8) is 0 Å². The van der Waals surface area contributed by atoms with Crippen LogP contribution in [-0.4, -0.2) is 9.97 Å². The first-order valence-electron chi connectivity index (χ1n) is 14.3. The molecular formula is C38H30N2S. The summed E-state index contributed by atoms with van der Waals surface area (Å²) < 4.78 is 2.58. The van der Waals surface area contributed by atoms with Gasteiger partial charge in [-0.2, -0.15) is 0 Å². The monoisotopic (exact) mass is 546 g/mol. The fourth-order valence-electron chi connectivity index (χ4n) is 6.74. The van der Waals surface area contributed by atoms with Gasteiger partial charge in [-0.3, -0.25) is 0 Å². The van der Waals surface area contributed by atoms with Crippen LogP contribution in [0.5, 0.6) is 0 Å². The lowest BCUT2D eigenvalue weighted by atomic mass is 9.55. The van der Waals surface area contributed by atoms with E-state index in [0.29, 0.717) is 0 Å². The molecule has 0 fully saturated rings. The molecule has 2 aromatic heterocycles. The Morgan fingerprint density at radius 2 is 1.12 bits per heavy atom. The van der Waals surface area contributed by atoms with Crippen molar-refractivity contribution in [2.24, 2.45) is 0 Å². The average Bonchev–Trinajstić information content (AvgIpc) is 3.37. The molecule has 0 saturated carbocycles. The molecule has 0 atom stereocenters. The van der Waals surface area contributed by atoms with Gasteiger partial charge in [-0.25, -0.2) is 9.97 Å². The standard InChI is InChI=1S/C38H30N2S/c1-37(2)28-15-7-5-13-26(28)34-27(14-11-16-29(34)38(37,3)4)36-35(39-30-17-8-9-18-31(30)40-36)23-20-21-25-24-12-6-10-19-32(24)41-33(25)22-23/h5-22H,1-4H3. The van der Waals surface area contributed by atoms with Crippen LogP contribution in [0.25, 0.3) is 64.8 Å². The van der Waals surface area contributed by atoms with Crippen molar-refractivity contribution in [2.45, 2.75) is 38.5 Å². The van der Waals surface area contributed by atoms with Crippen LogP contribution in [0.15, 0.2) is 109 Å². The number of hydrogen-bond donors (Lipinski definition) is 0. The van der Waals surface area contributed by atoms with Crippen LogP contribution in [-0.2, 0) is 10.8 Å². The molecule has 0 unspecified atom stereocenters. The second-order valence-electron chi connectivity index (χ2n) is 12.2. The van der Waals surface area contributed by atoms with E-state index in [4.69, 9.17) is 9.97 Å². The minimum Gasteiger partial charge on any atom is -0.244 e. The van der Waals surface area contributed by atoms with E-state index in [1.807, 2.05) is 23.5 Å². The second kappa shape index (κ2) is 8.58. The highest BCUT2D eigenvalue weighted by molar-refractivity contribution is 7.25. The first-order valence-corrected chi connectivity index (χ1v) is 15.1. The summed E-state index contributed by atoms with van der Waals surface area (Å²) in [6, 6.07) is 39.3. The highest BCUT2D eigenvalue weighted by atomic mass is 32.1. The summed E-state index contributed by atoms with van der Waals surface area (Å²) in [5, 5.41) is 2.60. The topological polar surface area (TPSA) is 25.8 Å². The van der Waals surface area contributed by atoms with Crippen LogP contribution >= 0.6 is 11.3 Å². The summed E-state index contributed by atoms with van der Waals surface area (Å²) in [7, 11) is 0. The van der Waals surface area contributed by atoms with Crippen molar-refractivity contribution >= 4 is 42.5 Å². The minimum absolute atomic E-state index is 0.0284. The predicted molar refractivity (Wildman–Crippen MR) is 175 cm³/mol. The summed E-state index contributed by atoms with van der Waals surface area (Å²) >= 11 is 1.84. The van der Waals surface area contributed by atoms with Crippen LogP contribution in [0.4, 0.5) is 0 Å². The van der Waals surface area contributed by atoms with E-state index >= 15 is 0 Å². The van der Waals surface area contributed by atoms with E-state index in [2.05, 4.69) is 125 Å². The third kappa shape index (κ3) is 3.42. The third-order valence-electron chi connectivity index (χ3n) is 9.65. The van der Waals surface area contributed by atoms with Gasteiger partial charge in [0.15, 0.2) is 0 Å². The molecule has 41 heavy (non-hydrogen) atoms. The van der Waals surface area contributed by atoms with Crippen molar-refractivity contribution < 1.29 is 0 Å². The largest absolute Gasteiger partial charge is 0.244 e. The van der Waals surface area contributed by atoms with Crippen LogP contribution in [0.3, 0.4) is 0 Å². The normalized spacial score (nSPS) is 15.2. The van der Waals surface area contributed by atoms with Gasteiger partial charge in [0.2, 0.25) is 0 Å². The van der Waals surface area contributed by atoms with Gasteiger partial charge in [-0.15, -0.1) is 11.3 Å². The Morgan fingerprint density at radius 3 is 1.95 bits per heavy atom. The molecule has 1 aliphatic carbocycles. The predicted octanol–water partition coefficient (Wildman–Crippen LogP) is 10.6. The number of para-hydroxylation sites is 2. The molecule has 5 aromatic carbocycles. The first-order chi connectivity index (χ1) is 19.8. The van der Waals surface area contributed by atoms with E-state index in [-0.39, 0.29) is 10.8 Å². The van der Waals surface area contributed by atoms with E-state index in [1.54, 1.807) is 0 Å². The quantitative estimate of drug-likeness (QED) is 0.215. The molecule has 3 heteroatoms. The molecule has 0 spiro atoms. The van der Waals surface area contributed by atoms with Crippen LogP contribution in [0.1, 0.15) is 38.8 Å². The number of thiophene rings is 1. The molecule has 7 aromatic rings. The van der Waals surface area contributed by atoms with Gasteiger partial charge >= 0.3 is 0 Å². The van der Waals surface area contributed by atoms with Gasteiger partial charge in [0.05, 0.1) is 22.4 Å². The fourth-order valence-corrected chi connectivity index (χ4v) is 7.89. The Bertz CT molecular complexity index is 2170. The van der Waals surface area contributed by atoms with E-state index in [9.17, 15) is 0 Å². The van der Waals surface area contributed by atoms with Crippen molar-refractivity contribution in [3.8, 4) is 33.6 Å². The molecule has 1 aliphatic rings. The Morgan fingerprint density at radius 1 is 0.512 bits per heavy atom. The van der Waals surface area contributed by atoms with Gasteiger partial charge in [-0.05, 0) is 57.3 Å². The van der Waals surface area contributed by atoms with Gasteiger partial charge in [0, 0.05) is 31.3 Å². The molecule has 8 rings (SSSR count).